The molecule has 1 aromatic rings. The molecule has 0 spiro atoms. The van der Waals surface area contributed by atoms with Gasteiger partial charge in [0.2, 0.25) is 5.91 Å². The molecule has 1 aliphatic heterocycles. The summed E-state index contributed by atoms with van der Waals surface area (Å²) in [6, 6.07) is 0.659. The maximum Gasteiger partial charge on any atom is 0.341 e. The smallest absolute Gasteiger partial charge is 0.341 e. The fourth-order valence-electron chi connectivity index (χ4n) is 3.47. The summed E-state index contributed by atoms with van der Waals surface area (Å²) in [4.78, 5) is 39.2. The Hall–Kier alpha value is -1.93. The van der Waals surface area contributed by atoms with Gasteiger partial charge in [-0.3, -0.25) is 14.5 Å². The molecule has 0 bridgehead atoms. The van der Waals surface area contributed by atoms with Crippen molar-refractivity contribution in [2.24, 2.45) is 5.73 Å². The van der Waals surface area contributed by atoms with E-state index >= 15 is 0 Å². The van der Waals surface area contributed by atoms with Crippen LogP contribution >= 0.6 is 11.3 Å². The standard InChI is InChI=1S/C19H29N3O4S/c1-10(2)26-19(25)15-13(5)16(17(20)24)27-18(15)21-14(23)9-22-11(3)7-6-8-12(22)4/h10-12H,6-9H2,1-5H3,(H2,20,24)(H,21,23)/t11-,12-/m0/s1. The fraction of sp³-hybridized carbons (Fsp3) is 0.632. The number of hydrogen-bond acceptors (Lipinski definition) is 6. The van der Waals surface area contributed by atoms with E-state index in [-0.39, 0.29) is 29.0 Å². The highest BCUT2D eigenvalue weighted by atomic mass is 32.1. The quantitative estimate of drug-likeness (QED) is 0.721. The van der Waals surface area contributed by atoms with Gasteiger partial charge in [-0.25, -0.2) is 4.79 Å². The Morgan fingerprint density at radius 1 is 1.26 bits per heavy atom. The second-order valence-electron chi connectivity index (χ2n) is 7.43. The van der Waals surface area contributed by atoms with Crippen LogP contribution in [0.15, 0.2) is 0 Å². The Balaban J connectivity index is 2.23. The van der Waals surface area contributed by atoms with Gasteiger partial charge in [-0.2, -0.15) is 0 Å². The number of esters is 1. The lowest BCUT2D eigenvalue weighted by molar-refractivity contribution is -0.118. The van der Waals surface area contributed by atoms with Gasteiger partial charge in [0, 0.05) is 12.1 Å². The van der Waals surface area contributed by atoms with Gasteiger partial charge in [0.15, 0.2) is 0 Å². The number of primary amides is 1. The fourth-order valence-corrected chi connectivity index (χ4v) is 4.54. The van der Waals surface area contributed by atoms with Crippen molar-refractivity contribution in [3.05, 3.63) is 16.0 Å². The summed E-state index contributed by atoms with van der Waals surface area (Å²) in [5.74, 6) is -1.41. The third kappa shape index (κ3) is 5.07. The van der Waals surface area contributed by atoms with Crippen LogP contribution in [0.3, 0.4) is 0 Å². The predicted molar refractivity (Wildman–Crippen MR) is 106 cm³/mol. The Bertz CT molecular complexity index is 719. The van der Waals surface area contributed by atoms with Gasteiger partial charge in [-0.05, 0) is 53.0 Å². The molecule has 3 N–H and O–H groups in total. The molecule has 1 aromatic heterocycles. The summed E-state index contributed by atoms with van der Waals surface area (Å²) in [7, 11) is 0. The van der Waals surface area contributed by atoms with E-state index in [2.05, 4.69) is 24.1 Å². The van der Waals surface area contributed by atoms with Crippen LogP contribution in [0.2, 0.25) is 0 Å². The lowest BCUT2D eigenvalue weighted by Crippen LogP contribution is -2.47. The maximum absolute atomic E-state index is 12.6. The first-order chi connectivity index (χ1) is 12.6. The third-order valence-electron chi connectivity index (χ3n) is 4.87. The van der Waals surface area contributed by atoms with Crippen LogP contribution in [0.25, 0.3) is 0 Å². The van der Waals surface area contributed by atoms with E-state index in [1.807, 2.05) is 0 Å². The Labute approximate surface area is 164 Å². The zero-order valence-corrected chi connectivity index (χ0v) is 17.4. The zero-order chi connectivity index (χ0) is 20.3. The van der Waals surface area contributed by atoms with Gasteiger partial charge >= 0.3 is 5.97 Å². The molecular weight excluding hydrogens is 366 g/mol. The molecule has 1 fully saturated rings. The molecule has 2 amide bonds. The summed E-state index contributed by atoms with van der Waals surface area (Å²) in [5, 5.41) is 3.11. The van der Waals surface area contributed by atoms with Gasteiger partial charge in [0.25, 0.3) is 5.91 Å². The first-order valence-corrected chi connectivity index (χ1v) is 10.1. The number of rotatable bonds is 6. The predicted octanol–water partition coefficient (Wildman–Crippen LogP) is 2.92. The minimum Gasteiger partial charge on any atom is -0.459 e. The molecule has 1 aliphatic rings. The minimum absolute atomic E-state index is 0.204. The number of carbonyl (C=O) groups is 3. The molecule has 0 aliphatic carbocycles. The SMILES string of the molecule is Cc1c(C(N)=O)sc(NC(=O)CN2[C@@H](C)CCC[C@@H]2C)c1C(=O)OC(C)C. The molecule has 0 radical (unpaired) electrons. The number of hydrogen-bond donors (Lipinski definition) is 2. The molecule has 0 unspecified atom stereocenters. The average Bonchev–Trinajstić information content (AvgIpc) is 2.87. The number of piperidine rings is 1. The van der Waals surface area contributed by atoms with E-state index in [1.54, 1.807) is 20.8 Å². The van der Waals surface area contributed by atoms with E-state index in [0.29, 0.717) is 22.6 Å². The number of amides is 2. The van der Waals surface area contributed by atoms with Crippen molar-refractivity contribution < 1.29 is 19.1 Å². The highest BCUT2D eigenvalue weighted by Gasteiger charge is 2.29. The molecule has 2 atom stereocenters. The van der Waals surface area contributed by atoms with Crippen molar-refractivity contribution in [1.82, 2.24) is 4.90 Å². The van der Waals surface area contributed by atoms with Crippen molar-refractivity contribution in [2.75, 3.05) is 11.9 Å². The van der Waals surface area contributed by atoms with E-state index < -0.39 is 11.9 Å². The number of likely N-dealkylation sites (tertiary alicyclic amines) is 1. The number of nitrogens with one attached hydrogen (secondary N) is 1. The minimum atomic E-state index is -0.630. The van der Waals surface area contributed by atoms with Crippen LogP contribution < -0.4 is 11.1 Å². The molecule has 150 valence electrons. The van der Waals surface area contributed by atoms with Crippen molar-refractivity contribution >= 4 is 34.1 Å². The first-order valence-electron chi connectivity index (χ1n) is 9.31. The second-order valence-corrected chi connectivity index (χ2v) is 8.45. The Morgan fingerprint density at radius 3 is 2.37 bits per heavy atom. The lowest BCUT2D eigenvalue weighted by atomic mass is 9.97. The topological polar surface area (TPSA) is 102 Å². The number of thiophene rings is 1. The molecule has 7 nitrogen and oxygen atoms in total. The number of ether oxygens (including phenoxy) is 1. The molecule has 8 heteroatoms. The van der Waals surface area contributed by atoms with Crippen LogP contribution in [0.1, 0.15) is 72.6 Å². The van der Waals surface area contributed by atoms with Gasteiger partial charge in [0.1, 0.15) is 5.00 Å². The maximum atomic E-state index is 12.6. The number of nitrogens with two attached hydrogens (primary N) is 1. The summed E-state index contributed by atoms with van der Waals surface area (Å²) < 4.78 is 5.27. The molecule has 27 heavy (non-hydrogen) atoms. The number of carbonyl (C=O) groups excluding carboxylic acids is 3. The van der Waals surface area contributed by atoms with Crippen LogP contribution in [-0.4, -0.2) is 47.4 Å². The van der Waals surface area contributed by atoms with E-state index in [1.165, 1.54) is 0 Å². The molecule has 0 aromatic carbocycles. The van der Waals surface area contributed by atoms with Crippen molar-refractivity contribution in [3.8, 4) is 0 Å². The number of nitrogens with zero attached hydrogens (tertiary/aromatic N) is 1. The molecule has 2 heterocycles. The summed E-state index contributed by atoms with van der Waals surface area (Å²) in [5.41, 5.74) is 6.06. The van der Waals surface area contributed by atoms with Gasteiger partial charge in [-0.15, -0.1) is 11.3 Å². The highest BCUT2D eigenvalue weighted by molar-refractivity contribution is 7.18. The monoisotopic (exact) mass is 395 g/mol. The van der Waals surface area contributed by atoms with Crippen LogP contribution in [0.5, 0.6) is 0 Å². The normalized spacial score (nSPS) is 20.5. The molecule has 1 saturated heterocycles. The zero-order valence-electron chi connectivity index (χ0n) is 16.6. The summed E-state index contributed by atoms with van der Waals surface area (Å²) in [6.07, 6.45) is 2.98. The Kier molecular flexibility index (Phi) is 7.00. The largest absolute Gasteiger partial charge is 0.459 e. The Morgan fingerprint density at radius 2 is 1.85 bits per heavy atom. The van der Waals surface area contributed by atoms with Gasteiger partial charge in [-0.1, -0.05) is 6.42 Å². The molecule has 0 saturated carbocycles. The van der Waals surface area contributed by atoms with Gasteiger partial charge in [0.05, 0.1) is 23.1 Å². The number of anilines is 1. The van der Waals surface area contributed by atoms with Crippen LogP contribution in [-0.2, 0) is 9.53 Å². The summed E-state index contributed by atoms with van der Waals surface area (Å²) in [6.45, 7) is 9.60. The van der Waals surface area contributed by atoms with E-state index in [9.17, 15) is 14.4 Å². The van der Waals surface area contributed by atoms with Crippen LogP contribution in [0.4, 0.5) is 5.00 Å². The second kappa shape index (κ2) is 8.84. The van der Waals surface area contributed by atoms with E-state index in [4.69, 9.17) is 10.5 Å². The van der Waals surface area contributed by atoms with Gasteiger partial charge < -0.3 is 15.8 Å². The highest BCUT2D eigenvalue weighted by Crippen LogP contribution is 2.34. The molecule has 2 rings (SSSR count). The molecular formula is C19H29N3O4S. The summed E-state index contributed by atoms with van der Waals surface area (Å²) >= 11 is 1.02. The average molecular weight is 396 g/mol. The third-order valence-corrected chi connectivity index (χ3v) is 6.09. The van der Waals surface area contributed by atoms with Crippen molar-refractivity contribution in [3.63, 3.8) is 0 Å². The van der Waals surface area contributed by atoms with Crippen LogP contribution in [0, 0.1) is 6.92 Å². The lowest BCUT2D eigenvalue weighted by Gasteiger charge is -2.38. The van der Waals surface area contributed by atoms with Crippen molar-refractivity contribution in [2.45, 2.75) is 72.1 Å². The first kappa shape index (κ1) is 21.4. The van der Waals surface area contributed by atoms with Crippen molar-refractivity contribution in [1.29, 1.82) is 0 Å². The van der Waals surface area contributed by atoms with E-state index in [0.717, 1.165) is 30.6 Å².